The number of rotatable bonds is 1. The van der Waals surface area contributed by atoms with Crippen LogP contribution in [0.2, 0.25) is 5.02 Å². The van der Waals surface area contributed by atoms with E-state index < -0.39 is 11.9 Å². The van der Waals surface area contributed by atoms with Crippen LogP contribution < -0.4 is 21.7 Å². The van der Waals surface area contributed by atoms with Gasteiger partial charge in [-0.3, -0.25) is 4.79 Å². The molecule has 0 saturated carbocycles. The minimum absolute atomic E-state index is 0.0875. The second-order valence-corrected chi connectivity index (χ2v) is 4.57. The van der Waals surface area contributed by atoms with Gasteiger partial charge in [0.25, 0.3) is 0 Å². The molecule has 1 aliphatic rings. The summed E-state index contributed by atoms with van der Waals surface area (Å²) in [5.41, 5.74) is 11.7. The van der Waals surface area contributed by atoms with Gasteiger partial charge in [0.15, 0.2) is 5.82 Å². The SMILES string of the molecule is CC1C(=O)NCCN1c1c(N)cc(N)c(Cl)c1F. The topological polar surface area (TPSA) is 84.4 Å². The van der Waals surface area contributed by atoms with Gasteiger partial charge in [-0.25, -0.2) is 4.39 Å². The van der Waals surface area contributed by atoms with Gasteiger partial charge in [-0.05, 0) is 13.0 Å². The van der Waals surface area contributed by atoms with Crippen LogP contribution in [0.3, 0.4) is 0 Å². The quantitative estimate of drug-likeness (QED) is 0.665. The lowest BCUT2D eigenvalue weighted by Gasteiger charge is -2.35. The standard InChI is InChI=1S/C11H14ClFN4O/c1-5-11(18)16-2-3-17(5)10-7(15)4-6(14)8(12)9(10)13/h4-5H,2-3,14-15H2,1H3,(H,16,18). The normalized spacial score (nSPS) is 19.8. The summed E-state index contributed by atoms with van der Waals surface area (Å²) in [6, 6.07) is 0.898. The van der Waals surface area contributed by atoms with Gasteiger partial charge < -0.3 is 21.7 Å². The summed E-state index contributed by atoms with van der Waals surface area (Å²) in [5, 5.41) is 2.53. The summed E-state index contributed by atoms with van der Waals surface area (Å²) in [6.45, 7) is 2.58. The summed E-state index contributed by atoms with van der Waals surface area (Å²) in [5.74, 6) is -0.858. The van der Waals surface area contributed by atoms with Crippen molar-refractivity contribution in [3.05, 3.63) is 16.9 Å². The third kappa shape index (κ3) is 1.92. The first-order valence-electron chi connectivity index (χ1n) is 5.50. The third-order valence-corrected chi connectivity index (χ3v) is 3.41. The van der Waals surface area contributed by atoms with Gasteiger partial charge >= 0.3 is 0 Å². The highest BCUT2D eigenvalue weighted by atomic mass is 35.5. The maximum Gasteiger partial charge on any atom is 0.242 e. The van der Waals surface area contributed by atoms with Crippen molar-refractivity contribution in [1.29, 1.82) is 0 Å². The molecule has 1 amide bonds. The number of halogens is 2. The molecule has 98 valence electrons. The molecule has 0 aromatic heterocycles. The maximum atomic E-state index is 14.1. The fourth-order valence-electron chi connectivity index (χ4n) is 2.04. The molecule has 1 heterocycles. The molecule has 1 aromatic carbocycles. The van der Waals surface area contributed by atoms with Crippen molar-refractivity contribution in [1.82, 2.24) is 5.32 Å². The average Bonchev–Trinajstić information content (AvgIpc) is 2.32. The Balaban J connectivity index is 2.51. The summed E-state index contributed by atoms with van der Waals surface area (Å²) < 4.78 is 14.1. The number of carbonyl (C=O) groups is 1. The zero-order valence-corrected chi connectivity index (χ0v) is 10.6. The first-order valence-corrected chi connectivity index (χ1v) is 5.88. The van der Waals surface area contributed by atoms with Crippen LogP contribution in [-0.2, 0) is 4.79 Å². The Morgan fingerprint density at radius 3 is 2.83 bits per heavy atom. The molecule has 0 aliphatic carbocycles. The van der Waals surface area contributed by atoms with Crippen LogP contribution in [0.5, 0.6) is 0 Å². The smallest absolute Gasteiger partial charge is 0.242 e. The van der Waals surface area contributed by atoms with Gasteiger partial charge in [-0.1, -0.05) is 11.6 Å². The second-order valence-electron chi connectivity index (χ2n) is 4.19. The van der Waals surface area contributed by atoms with Crippen molar-refractivity contribution in [3.8, 4) is 0 Å². The molecule has 1 aromatic rings. The predicted molar refractivity (Wildman–Crippen MR) is 70.1 cm³/mol. The van der Waals surface area contributed by atoms with Crippen LogP contribution >= 0.6 is 11.6 Å². The highest BCUT2D eigenvalue weighted by Crippen LogP contribution is 2.37. The van der Waals surface area contributed by atoms with Crippen molar-refractivity contribution in [2.45, 2.75) is 13.0 Å². The molecule has 0 bridgehead atoms. The molecule has 5 nitrogen and oxygen atoms in total. The van der Waals surface area contributed by atoms with Crippen molar-refractivity contribution in [2.24, 2.45) is 0 Å². The zero-order valence-electron chi connectivity index (χ0n) is 9.84. The minimum atomic E-state index is -0.685. The van der Waals surface area contributed by atoms with E-state index in [4.69, 9.17) is 23.1 Å². The highest BCUT2D eigenvalue weighted by Gasteiger charge is 2.30. The summed E-state index contributed by atoms with van der Waals surface area (Å²) in [7, 11) is 0. The number of hydrogen-bond donors (Lipinski definition) is 3. The minimum Gasteiger partial charge on any atom is -0.397 e. The number of piperazine rings is 1. The molecule has 1 unspecified atom stereocenters. The highest BCUT2D eigenvalue weighted by molar-refractivity contribution is 6.33. The molecule has 1 atom stereocenters. The number of amides is 1. The van der Waals surface area contributed by atoms with E-state index in [1.54, 1.807) is 11.8 Å². The van der Waals surface area contributed by atoms with E-state index in [1.165, 1.54) is 6.07 Å². The molecular formula is C11H14ClFN4O. The summed E-state index contributed by atoms with van der Waals surface area (Å²) in [4.78, 5) is 13.2. The number of nitrogen functional groups attached to an aromatic ring is 2. The van der Waals surface area contributed by atoms with Gasteiger partial charge in [0, 0.05) is 13.1 Å². The Bertz CT molecular complexity index is 508. The maximum absolute atomic E-state index is 14.1. The molecule has 18 heavy (non-hydrogen) atoms. The number of nitrogens with two attached hydrogens (primary N) is 2. The van der Waals surface area contributed by atoms with Crippen molar-refractivity contribution >= 4 is 34.6 Å². The van der Waals surface area contributed by atoms with Gasteiger partial charge in [-0.15, -0.1) is 0 Å². The molecule has 2 rings (SSSR count). The van der Waals surface area contributed by atoms with E-state index >= 15 is 0 Å². The number of nitrogens with zero attached hydrogens (tertiary/aromatic N) is 1. The summed E-state index contributed by atoms with van der Waals surface area (Å²) in [6.07, 6.45) is 0. The second kappa shape index (κ2) is 4.53. The molecule has 0 radical (unpaired) electrons. The van der Waals surface area contributed by atoms with Crippen LogP contribution in [-0.4, -0.2) is 25.0 Å². The molecule has 7 heteroatoms. The van der Waals surface area contributed by atoms with Gasteiger partial charge in [0.2, 0.25) is 5.91 Å². The van der Waals surface area contributed by atoms with Crippen LogP contribution in [0.25, 0.3) is 0 Å². The van der Waals surface area contributed by atoms with E-state index in [-0.39, 0.29) is 28.0 Å². The number of hydrogen-bond acceptors (Lipinski definition) is 4. The largest absolute Gasteiger partial charge is 0.397 e. The lowest BCUT2D eigenvalue weighted by Crippen LogP contribution is -2.54. The summed E-state index contributed by atoms with van der Waals surface area (Å²) >= 11 is 5.78. The van der Waals surface area contributed by atoms with E-state index in [0.717, 1.165) is 0 Å². The Kier molecular flexibility index (Phi) is 3.21. The molecular weight excluding hydrogens is 259 g/mol. The number of benzene rings is 1. The first kappa shape index (κ1) is 12.8. The Morgan fingerprint density at radius 1 is 1.50 bits per heavy atom. The molecule has 1 aliphatic heterocycles. The van der Waals surface area contributed by atoms with Crippen molar-refractivity contribution in [2.75, 3.05) is 29.5 Å². The van der Waals surface area contributed by atoms with E-state index in [1.807, 2.05) is 0 Å². The van der Waals surface area contributed by atoms with Crippen molar-refractivity contribution in [3.63, 3.8) is 0 Å². The lowest BCUT2D eigenvalue weighted by atomic mass is 10.1. The number of carbonyl (C=O) groups excluding carboxylic acids is 1. The van der Waals surface area contributed by atoms with Gasteiger partial charge in [0.1, 0.15) is 11.1 Å². The van der Waals surface area contributed by atoms with Crippen LogP contribution in [0.4, 0.5) is 21.5 Å². The average molecular weight is 273 g/mol. The third-order valence-electron chi connectivity index (χ3n) is 3.02. The molecule has 1 saturated heterocycles. The number of nitrogens with one attached hydrogen (secondary N) is 1. The first-order chi connectivity index (χ1) is 8.43. The fourth-order valence-corrected chi connectivity index (χ4v) is 2.18. The van der Waals surface area contributed by atoms with E-state index in [0.29, 0.717) is 13.1 Å². The van der Waals surface area contributed by atoms with E-state index in [2.05, 4.69) is 5.32 Å². The Hall–Kier alpha value is -1.69. The monoisotopic (exact) mass is 272 g/mol. The van der Waals surface area contributed by atoms with Crippen LogP contribution in [0.15, 0.2) is 6.07 Å². The zero-order chi connectivity index (χ0) is 13.4. The van der Waals surface area contributed by atoms with E-state index in [9.17, 15) is 9.18 Å². The van der Waals surface area contributed by atoms with Crippen LogP contribution in [0, 0.1) is 5.82 Å². The number of anilines is 3. The fraction of sp³-hybridized carbons (Fsp3) is 0.364. The van der Waals surface area contributed by atoms with Crippen molar-refractivity contribution < 1.29 is 9.18 Å². The Labute approximate surface area is 109 Å². The molecule has 5 N–H and O–H groups in total. The van der Waals surface area contributed by atoms with Gasteiger partial charge in [0.05, 0.1) is 17.1 Å². The lowest BCUT2D eigenvalue weighted by molar-refractivity contribution is -0.122. The Morgan fingerprint density at radius 2 is 2.17 bits per heavy atom. The van der Waals surface area contributed by atoms with Gasteiger partial charge in [-0.2, -0.15) is 0 Å². The predicted octanol–water partition coefficient (Wildman–Crippen LogP) is 0.968. The molecule has 0 spiro atoms. The van der Waals surface area contributed by atoms with Crippen LogP contribution in [0.1, 0.15) is 6.92 Å². The molecule has 1 fully saturated rings.